The van der Waals surface area contributed by atoms with Crippen molar-refractivity contribution in [3.05, 3.63) is 0 Å². The van der Waals surface area contributed by atoms with Crippen LogP contribution in [0, 0.1) is 5.41 Å². The van der Waals surface area contributed by atoms with Crippen molar-refractivity contribution < 1.29 is 0 Å². The van der Waals surface area contributed by atoms with E-state index in [4.69, 9.17) is 0 Å². The lowest BCUT2D eigenvalue weighted by atomic mass is 9.84. The number of nitrogens with zero attached hydrogens (tertiary/aromatic N) is 1. The minimum Gasteiger partial charge on any atom is -0.312 e. The lowest BCUT2D eigenvalue weighted by molar-refractivity contribution is 0.171. The Morgan fingerprint density at radius 1 is 1.43 bits per heavy atom. The summed E-state index contributed by atoms with van der Waals surface area (Å²) in [6.07, 6.45) is 1.31. The summed E-state index contributed by atoms with van der Waals surface area (Å²) in [5, 5.41) is 3.62. The lowest BCUT2D eigenvalue weighted by Gasteiger charge is -2.34. The van der Waals surface area contributed by atoms with Crippen LogP contribution < -0.4 is 5.32 Å². The Hall–Kier alpha value is -0.0800. The zero-order chi connectivity index (χ0) is 10.8. The van der Waals surface area contributed by atoms with Crippen molar-refractivity contribution in [3.8, 4) is 0 Å². The van der Waals surface area contributed by atoms with E-state index in [1.807, 2.05) is 0 Å². The minimum atomic E-state index is 0.475. The minimum absolute atomic E-state index is 0.475. The maximum atomic E-state index is 3.62. The van der Waals surface area contributed by atoms with Gasteiger partial charge < -0.3 is 5.32 Å². The second kappa shape index (κ2) is 4.63. The van der Waals surface area contributed by atoms with Crippen LogP contribution in [0.3, 0.4) is 0 Å². The predicted molar refractivity (Wildman–Crippen MR) is 62.6 cm³/mol. The van der Waals surface area contributed by atoms with Gasteiger partial charge in [-0.25, -0.2) is 0 Å². The van der Waals surface area contributed by atoms with E-state index < -0.39 is 0 Å². The molecule has 0 bridgehead atoms. The van der Waals surface area contributed by atoms with E-state index in [1.165, 1.54) is 19.5 Å². The molecule has 1 rings (SSSR count). The van der Waals surface area contributed by atoms with Crippen molar-refractivity contribution in [1.29, 1.82) is 0 Å². The molecule has 1 atom stereocenters. The zero-order valence-corrected chi connectivity index (χ0v) is 10.4. The fourth-order valence-corrected chi connectivity index (χ4v) is 2.27. The first-order chi connectivity index (χ1) is 6.47. The first-order valence-corrected chi connectivity index (χ1v) is 5.95. The van der Waals surface area contributed by atoms with E-state index in [-0.39, 0.29) is 0 Å². The Labute approximate surface area is 89.1 Å². The third-order valence-electron chi connectivity index (χ3n) is 3.66. The number of nitrogens with one attached hydrogen (secondary N) is 1. The molecular formula is C12H26N2. The molecule has 0 aromatic rings. The van der Waals surface area contributed by atoms with Gasteiger partial charge in [-0.1, -0.05) is 20.8 Å². The topological polar surface area (TPSA) is 15.3 Å². The molecular weight excluding hydrogens is 172 g/mol. The zero-order valence-electron chi connectivity index (χ0n) is 10.4. The summed E-state index contributed by atoms with van der Waals surface area (Å²) in [6, 6.07) is 1.34. The maximum absolute atomic E-state index is 3.62. The van der Waals surface area contributed by atoms with Gasteiger partial charge in [0.05, 0.1) is 0 Å². The Bertz CT molecular complexity index is 175. The monoisotopic (exact) mass is 198 g/mol. The average Bonchev–Trinajstić information content (AvgIpc) is 2.40. The third kappa shape index (κ3) is 2.71. The molecule has 1 heterocycles. The molecule has 84 valence electrons. The van der Waals surface area contributed by atoms with E-state index in [0.29, 0.717) is 17.5 Å². The number of hydrogen-bond donors (Lipinski definition) is 1. The summed E-state index contributed by atoms with van der Waals surface area (Å²) in [7, 11) is 0. The van der Waals surface area contributed by atoms with Crippen molar-refractivity contribution in [2.24, 2.45) is 5.41 Å². The molecule has 14 heavy (non-hydrogen) atoms. The molecule has 2 nitrogen and oxygen atoms in total. The van der Waals surface area contributed by atoms with Crippen molar-refractivity contribution in [1.82, 2.24) is 10.2 Å². The molecule has 1 fully saturated rings. The fourth-order valence-electron chi connectivity index (χ4n) is 2.27. The van der Waals surface area contributed by atoms with Crippen LogP contribution in [0.15, 0.2) is 0 Å². The summed E-state index contributed by atoms with van der Waals surface area (Å²) in [5.74, 6) is 0. The predicted octanol–water partition coefficient (Wildman–Crippen LogP) is 2.10. The normalized spacial score (nSPS) is 26.4. The molecule has 0 aromatic heterocycles. The van der Waals surface area contributed by atoms with Crippen molar-refractivity contribution in [3.63, 3.8) is 0 Å². The quantitative estimate of drug-likeness (QED) is 0.744. The van der Waals surface area contributed by atoms with Crippen LogP contribution in [-0.2, 0) is 0 Å². The summed E-state index contributed by atoms with van der Waals surface area (Å²) in [4.78, 5) is 2.55. The van der Waals surface area contributed by atoms with E-state index in [9.17, 15) is 0 Å². The Kier molecular flexibility index (Phi) is 3.96. The van der Waals surface area contributed by atoms with E-state index in [0.717, 1.165) is 6.54 Å². The molecule has 0 radical (unpaired) electrons. The Balaban J connectivity index is 2.50. The van der Waals surface area contributed by atoms with Gasteiger partial charge in [0, 0.05) is 18.6 Å². The number of likely N-dealkylation sites (N-methyl/N-ethyl adjacent to an activating group) is 1. The SMILES string of the molecule is CCN(CC1NCCC1(C)C)C(C)C. The van der Waals surface area contributed by atoms with Crippen LogP contribution in [0.2, 0.25) is 0 Å². The summed E-state index contributed by atoms with van der Waals surface area (Å²) in [6.45, 7) is 15.1. The van der Waals surface area contributed by atoms with Gasteiger partial charge in [-0.2, -0.15) is 0 Å². The maximum Gasteiger partial charge on any atom is 0.0246 e. The van der Waals surface area contributed by atoms with E-state index >= 15 is 0 Å². The summed E-state index contributed by atoms with van der Waals surface area (Å²) in [5.41, 5.74) is 0.475. The molecule has 0 aliphatic carbocycles. The highest BCUT2D eigenvalue weighted by molar-refractivity contribution is 4.92. The van der Waals surface area contributed by atoms with Gasteiger partial charge in [-0.15, -0.1) is 0 Å². The highest BCUT2D eigenvalue weighted by Crippen LogP contribution is 2.30. The van der Waals surface area contributed by atoms with Gasteiger partial charge in [0.2, 0.25) is 0 Å². The summed E-state index contributed by atoms with van der Waals surface area (Å²) >= 11 is 0. The first-order valence-electron chi connectivity index (χ1n) is 5.95. The van der Waals surface area contributed by atoms with E-state index in [2.05, 4.69) is 44.8 Å². The molecule has 0 amide bonds. The van der Waals surface area contributed by atoms with Gasteiger partial charge in [0.25, 0.3) is 0 Å². The standard InChI is InChI=1S/C12H26N2/c1-6-14(10(2)3)9-11-12(4,5)7-8-13-11/h10-11,13H,6-9H2,1-5H3. The molecule has 0 aromatic carbocycles. The van der Waals surface area contributed by atoms with Crippen LogP contribution in [0.1, 0.15) is 41.0 Å². The van der Waals surface area contributed by atoms with Gasteiger partial charge in [0.1, 0.15) is 0 Å². The second-order valence-corrected chi connectivity index (χ2v) is 5.43. The Morgan fingerprint density at radius 3 is 2.43 bits per heavy atom. The van der Waals surface area contributed by atoms with Crippen LogP contribution in [0.5, 0.6) is 0 Å². The molecule has 2 heteroatoms. The number of hydrogen-bond acceptors (Lipinski definition) is 2. The van der Waals surface area contributed by atoms with Crippen LogP contribution in [-0.4, -0.2) is 36.6 Å². The van der Waals surface area contributed by atoms with Crippen molar-refractivity contribution in [2.45, 2.75) is 53.1 Å². The largest absolute Gasteiger partial charge is 0.312 e. The third-order valence-corrected chi connectivity index (χ3v) is 3.66. The summed E-state index contributed by atoms with van der Waals surface area (Å²) < 4.78 is 0. The second-order valence-electron chi connectivity index (χ2n) is 5.43. The lowest BCUT2D eigenvalue weighted by Crippen LogP contribution is -2.46. The number of rotatable bonds is 4. The fraction of sp³-hybridized carbons (Fsp3) is 1.00. The van der Waals surface area contributed by atoms with Crippen molar-refractivity contribution >= 4 is 0 Å². The van der Waals surface area contributed by atoms with Gasteiger partial charge in [-0.05, 0) is 38.8 Å². The molecule has 1 N–H and O–H groups in total. The van der Waals surface area contributed by atoms with E-state index in [1.54, 1.807) is 0 Å². The van der Waals surface area contributed by atoms with Crippen LogP contribution in [0.4, 0.5) is 0 Å². The highest BCUT2D eigenvalue weighted by atomic mass is 15.2. The molecule has 1 unspecified atom stereocenters. The average molecular weight is 198 g/mol. The first kappa shape index (κ1) is 12.0. The van der Waals surface area contributed by atoms with Crippen LogP contribution >= 0.6 is 0 Å². The highest BCUT2D eigenvalue weighted by Gasteiger charge is 2.35. The van der Waals surface area contributed by atoms with Crippen LogP contribution in [0.25, 0.3) is 0 Å². The molecule has 0 spiro atoms. The molecule has 1 aliphatic rings. The van der Waals surface area contributed by atoms with Gasteiger partial charge >= 0.3 is 0 Å². The van der Waals surface area contributed by atoms with Gasteiger partial charge in [-0.3, -0.25) is 4.90 Å². The molecule has 1 aliphatic heterocycles. The Morgan fingerprint density at radius 2 is 2.07 bits per heavy atom. The smallest absolute Gasteiger partial charge is 0.0246 e. The van der Waals surface area contributed by atoms with Gasteiger partial charge in [0.15, 0.2) is 0 Å². The van der Waals surface area contributed by atoms with Crippen molar-refractivity contribution in [2.75, 3.05) is 19.6 Å². The molecule has 1 saturated heterocycles. The molecule has 0 saturated carbocycles.